The van der Waals surface area contributed by atoms with E-state index in [2.05, 4.69) is 10.5 Å². The van der Waals surface area contributed by atoms with Gasteiger partial charge in [-0.1, -0.05) is 19.1 Å². The van der Waals surface area contributed by atoms with Crippen LogP contribution in [0.25, 0.3) is 0 Å². The summed E-state index contributed by atoms with van der Waals surface area (Å²) in [5.41, 5.74) is 5.39. The Morgan fingerprint density at radius 2 is 1.86 bits per heavy atom. The Morgan fingerprint density at radius 1 is 1.17 bits per heavy atom. The van der Waals surface area contributed by atoms with E-state index in [-0.39, 0.29) is 6.54 Å². The summed E-state index contributed by atoms with van der Waals surface area (Å²) in [4.78, 5) is 12.3. The summed E-state index contributed by atoms with van der Waals surface area (Å²) < 4.78 is 31.1. The number of sulfonamides is 1. The maximum Gasteiger partial charge on any atom is 0.260 e. The molecule has 0 saturated heterocycles. The molecular formula is C21H27N3O4S. The number of nitrogens with zero attached hydrogens (tertiary/aromatic N) is 2. The molecule has 2 rings (SSSR count). The zero-order valence-corrected chi connectivity index (χ0v) is 18.0. The van der Waals surface area contributed by atoms with Gasteiger partial charge in [0.2, 0.25) is 10.0 Å². The van der Waals surface area contributed by atoms with Gasteiger partial charge in [0, 0.05) is 0 Å². The number of aryl methyl sites for hydroxylation is 1. The standard InChI is InChI=1S/C21H27N3O4S/c1-5-13-28-19-11-9-18(10-12-19)14-22-23-21(25)15-24(29(4,26)27)20-8-6-7-16(2)17(20)3/h6-12,14H,5,13,15H2,1-4H3,(H,23,25)/b22-14-. The first-order chi connectivity index (χ1) is 13.7. The number of amides is 1. The summed E-state index contributed by atoms with van der Waals surface area (Å²) in [5, 5.41) is 3.92. The van der Waals surface area contributed by atoms with Gasteiger partial charge < -0.3 is 4.74 Å². The number of ether oxygens (including phenoxy) is 1. The van der Waals surface area contributed by atoms with Gasteiger partial charge in [-0.05, 0) is 67.3 Å². The predicted molar refractivity (Wildman–Crippen MR) is 116 cm³/mol. The average molecular weight is 418 g/mol. The van der Waals surface area contributed by atoms with Crippen molar-refractivity contribution in [3.63, 3.8) is 0 Å². The van der Waals surface area contributed by atoms with Gasteiger partial charge in [-0.25, -0.2) is 13.8 Å². The van der Waals surface area contributed by atoms with Crippen LogP contribution >= 0.6 is 0 Å². The van der Waals surface area contributed by atoms with Gasteiger partial charge in [0.25, 0.3) is 5.91 Å². The smallest absolute Gasteiger partial charge is 0.260 e. The minimum Gasteiger partial charge on any atom is -0.494 e. The third-order valence-corrected chi connectivity index (χ3v) is 5.41. The molecule has 1 amide bonds. The fraction of sp³-hybridized carbons (Fsp3) is 0.333. The topological polar surface area (TPSA) is 88.1 Å². The Bertz CT molecular complexity index is 970. The van der Waals surface area contributed by atoms with Crippen molar-refractivity contribution in [2.45, 2.75) is 27.2 Å². The predicted octanol–water partition coefficient (Wildman–Crippen LogP) is 3.01. The third-order valence-electron chi connectivity index (χ3n) is 4.29. The number of hydrazone groups is 1. The van der Waals surface area contributed by atoms with E-state index in [1.54, 1.807) is 12.1 Å². The number of benzene rings is 2. The van der Waals surface area contributed by atoms with E-state index in [9.17, 15) is 13.2 Å². The molecule has 1 N–H and O–H groups in total. The monoisotopic (exact) mass is 417 g/mol. The second kappa shape index (κ2) is 10.1. The van der Waals surface area contributed by atoms with Gasteiger partial charge in [0.05, 0.1) is 24.8 Å². The molecule has 0 radical (unpaired) electrons. The average Bonchev–Trinajstić information content (AvgIpc) is 2.67. The molecule has 2 aromatic rings. The van der Waals surface area contributed by atoms with E-state index >= 15 is 0 Å². The maximum absolute atomic E-state index is 12.3. The summed E-state index contributed by atoms with van der Waals surface area (Å²) in [7, 11) is -3.64. The molecule has 0 bridgehead atoms. The normalized spacial score (nSPS) is 11.4. The van der Waals surface area contributed by atoms with Crippen molar-refractivity contribution in [1.82, 2.24) is 5.43 Å². The van der Waals surface area contributed by atoms with Crippen LogP contribution in [-0.2, 0) is 14.8 Å². The molecule has 0 aliphatic heterocycles. The first-order valence-corrected chi connectivity index (χ1v) is 11.2. The van der Waals surface area contributed by atoms with Crippen LogP contribution in [0.15, 0.2) is 47.6 Å². The molecule has 0 atom stereocenters. The molecule has 0 heterocycles. The number of anilines is 1. The van der Waals surface area contributed by atoms with Crippen LogP contribution in [0.5, 0.6) is 5.75 Å². The lowest BCUT2D eigenvalue weighted by molar-refractivity contribution is -0.119. The minimum absolute atomic E-state index is 0.357. The summed E-state index contributed by atoms with van der Waals surface area (Å²) in [6, 6.07) is 12.6. The van der Waals surface area contributed by atoms with Crippen LogP contribution in [0.4, 0.5) is 5.69 Å². The van der Waals surface area contributed by atoms with Crippen LogP contribution in [0, 0.1) is 13.8 Å². The lowest BCUT2D eigenvalue weighted by Crippen LogP contribution is -2.39. The number of rotatable bonds is 9. The Kier molecular flexibility index (Phi) is 7.78. The highest BCUT2D eigenvalue weighted by Gasteiger charge is 2.22. The fourth-order valence-corrected chi connectivity index (χ4v) is 3.51. The zero-order chi connectivity index (χ0) is 21.4. The number of carbonyl (C=O) groups is 1. The summed E-state index contributed by atoms with van der Waals surface area (Å²) in [5.74, 6) is 0.237. The van der Waals surface area contributed by atoms with E-state index in [1.165, 1.54) is 6.21 Å². The Balaban J connectivity index is 2.03. The first kappa shape index (κ1) is 22.4. The number of hydrogen-bond donors (Lipinski definition) is 1. The highest BCUT2D eigenvalue weighted by atomic mass is 32.2. The molecule has 29 heavy (non-hydrogen) atoms. The van der Waals surface area contributed by atoms with Gasteiger partial charge >= 0.3 is 0 Å². The molecule has 0 unspecified atom stereocenters. The van der Waals surface area contributed by atoms with Gasteiger partial charge in [-0.15, -0.1) is 0 Å². The zero-order valence-electron chi connectivity index (χ0n) is 17.2. The summed E-state index contributed by atoms with van der Waals surface area (Å²) in [6.45, 7) is 6.05. The lowest BCUT2D eigenvalue weighted by atomic mass is 10.1. The molecule has 0 aliphatic rings. The van der Waals surface area contributed by atoms with Crippen molar-refractivity contribution >= 4 is 27.8 Å². The van der Waals surface area contributed by atoms with Crippen molar-refractivity contribution in [3.05, 3.63) is 59.2 Å². The maximum atomic E-state index is 12.3. The van der Waals surface area contributed by atoms with E-state index in [4.69, 9.17) is 4.74 Å². The molecule has 0 fully saturated rings. The summed E-state index contributed by atoms with van der Waals surface area (Å²) in [6.07, 6.45) is 3.50. The van der Waals surface area contributed by atoms with E-state index in [1.807, 2.05) is 51.1 Å². The van der Waals surface area contributed by atoms with Crippen LogP contribution in [0.3, 0.4) is 0 Å². The lowest BCUT2D eigenvalue weighted by Gasteiger charge is -2.23. The minimum atomic E-state index is -3.64. The van der Waals surface area contributed by atoms with Gasteiger partial charge in [0.15, 0.2) is 0 Å². The number of carbonyl (C=O) groups excluding carboxylic acids is 1. The van der Waals surface area contributed by atoms with Crippen molar-refractivity contribution < 1.29 is 17.9 Å². The molecule has 0 saturated carbocycles. The Labute approximate surface area is 172 Å². The molecule has 0 aromatic heterocycles. The van der Waals surface area contributed by atoms with E-state index < -0.39 is 15.9 Å². The molecule has 7 nitrogen and oxygen atoms in total. The first-order valence-electron chi connectivity index (χ1n) is 9.31. The quantitative estimate of drug-likeness (QED) is 0.502. The highest BCUT2D eigenvalue weighted by Crippen LogP contribution is 2.24. The fourth-order valence-electron chi connectivity index (χ4n) is 2.60. The van der Waals surface area contributed by atoms with Crippen molar-refractivity contribution in [2.24, 2.45) is 5.10 Å². The van der Waals surface area contributed by atoms with Crippen molar-refractivity contribution in [2.75, 3.05) is 23.7 Å². The largest absolute Gasteiger partial charge is 0.494 e. The Morgan fingerprint density at radius 3 is 2.48 bits per heavy atom. The second-order valence-corrected chi connectivity index (χ2v) is 8.61. The van der Waals surface area contributed by atoms with E-state index in [0.717, 1.165) is 39.4 Å². The molecular weight excluding hydrogens is 390 g/mol. The van der Waals surface area contributed by atoms with E-state index in [0.29, 0.717) is 12.3 Å². The number of hydrogen-bond acceptors (Lipinski definition) is 5. The number of nitrogens with one attached hydrogen (secondary N) is 1. The van der Waals surface area contributed by atoms with Crippen molar-refractivity contribution in [1.29, 1.82) is 0 Å². The Hall–Kier alpha value is -2.87. The second-order valence-electron chi connectivity index (χ2n) is 6.70. The summed E-state index contributed by atoms with van der Waals surface area (Å²) >= 11 is 0. The molecule has 0 spiro atoms. The van der Waals surface area contributed by atoms with Crippen LogP contribution < -0.4 is 14.5 Å². The molecule has 8 heteroatoms. The third kappa shape index (κ3) is 6.60. The molecule has 2 aromatic carbocycles. The SMILES string of the molecule is CCCOc1ccc(/C=N\NC(=O)CN(c2cccc(C)c2C)S(C)(=O)=O)cc1. The van der Waals surface area contributed by atoms with Crippen molar-refractivity contribution in [3.8, 4) is 5.75 Å². The van der Waals surface area contributed by atoms with Crippen LogP contribution in [-0.4, -0.2) is 39.9 Å². The van der Waals surface area contributed by atoms with Gasteiger partial charge in [0.1, 0.15) is 12.3 Å². The molecule has 156 valence electrons. The van der Waals surface area contributed by atoms with Gasteiger partial charge in [-0.2, -0.15) is 5.10 Å². The van der Waals surface area contributed by atoms with Crippen LogP contribution in [0.1, 0.15) is 30.0 Å². The highest BCUT2D eigenvalue weighted by molar-refractivity contribution is 7.92. The van der Waals surface area contributed by atoms with Crippen LogP contribution in [0.2, 0.25) is 0 Å². The van der Waals surface area contributed by atoms with Gasteiger partial charge in [-0.3, -0.25) is 9.10 Å². The molecule has 0 aliphatic carbocycles.